The summed E-state index contributed by atoms with van der Waals surface area (Å²) in [5.41, 5.74) is 6.98. The average Bonchev–Trinajstić information content (AvgIpc) is 2.43. The standard InChI is InChI=1S/C15H23ClN2O2/c1-4-18(5-2)7-6-12(19)8-11-9-13(16)14(17)10-15(11)20-3/h9-10H,4-8,17H2,1-3H3. The van der Waals surface area contributed by atoms with E-state index in [0.717, 1.165) is 25.2 Å². The van der Waals surface area contributed by atoms with Gasteiger partial charge in [-0.25, -0.2) is 0 Å². The number of nitrogens with zero attached hydrogens (tertiary/aromatic N) is 1. The van der Waals surface area contributed by atoms with E-state index in [-0.39, 0.29) is 5.78 Å². The lowest BCUT2D eigenvalue weighted by atomic mass is 10.0. The van der Waals surface area contributed by atoms with Gasteiger partial charge in [0.2, 0.25) is 0 Å². The second kappa shape index (κ2) is 8.12. The first-order valence-corrected chi connectivity index (χ1v) is 7.25. The Morgan fingerprint density at radius 2 is 2.00 bits per heavy atom. The number of hydrogen-bond acceptors (Lipinski definition) is 4. The summed E-state index contributed by atoms with van der Waals surface area (Å²) in [6, 6.07) is 3.38. The van der Waals surface area contributed by atoms with Crippen LogP contribution in [0.2, 0.25) is 5.02 Å². The Hall–Kier alpha value is -1.26. The molecule has 0 aliphatic carbocycles. The monoisotopic (exact) mass is 298 g/mol. The molecule has 0 heterocycles. The van der Waals surface area contributed by atoms with E-state index in [1.807, 2.05) is 0 Å². The maximum atomic E-state index is 12.1. The Morgan fingerprint density at radius 3 is 2.55 bits per heavy atom. The molecule has 112 valence electrons. The molecule has 1 rings (SSSR count). The first-order chi connectivity index (χ1) is 9.51. The number of halogens is 1. The fourth-order valence-corrected chi connectivity index (χ4v) is 2.25. The summed E-state index contributed by atoms with van der Waals surface area (Å²) < 4.78 is 5.25. The van der Waals surface area contributed by atoms with Gasteiger partial charge in [-0.3, -0.25) is 4.79 Å². The van der Waals surface area contributed by atoms with Gasteiger partial charge >= 0.3 is 0 Å². The van der Waals surface area contributed by atoms with E-state index in [4.69, 9.17) is 22.1 Å². The maximum Gasteiger partial charge on any atom is 0.138 e. The van der Waals surface area contributed by atoms with Gasteiger partial charge < -0.3 is 15.4 Å². The van der Waals surface area contributed by atoms with Crippen molar-refractivity contribution in [3.8, 4) is 5.75 Å². The van der Waals surface area contributed by atoms with Gasteiger partial charge in [-0.15, -0.1) is 0 Å². The van der Waals surface area contributed by atoms with Crippen LogP contribution in [0.25, 0.3) is 0 Å². The van der Waals surface area contributed by atoms with Crippen molar-refractivity contribution in [3.63, 3.8) is 0 Å². The van der Waals surface area contributed by atoms with E-state index < -0.39 is 0 Å². The number of benzene rings is 1. The van der Waals surface area contributed by atoms with E-state index in [1.165, 1.54) is 0 Å². The number of rotatable bonds is 8. The van der Waals surface area contributed by atoms with Crippen LogP contribution in [0.1, 0.15) is 25.8 Å². The number of carbonyl (C=O) groups is 1. The lowest BCUT2D eigenvalue weighted by molar-refractivity contribution is -0.118. The van der Waals surface area contributed by atoms with Crippen molar-refractivity contribution in [1.82, 2.24) is 4.90 Å². The van der Waals surface area contributed by atoms with Crippen molar-refractivity contribution in [1.29, 1.82) is 0 Å². The van der Waals surface area contributed by atoms with Crippen LogP contribution < -0.4 is 10.5 Å². The lowest BCUT2D eigenvalue weighted by Gasteiger charge is -2.17. The number of hydrogen-bond donors (Lipinski definition) is 1. The Bertz CT molecular complexity index is 459. The summed E-state index contributed by atoms with van der Waals surface area (Å²) in [6.07, 6.45) is 0.858. The molecule has 20 heavy (non-hydrogen) atoms. The molecule has 0 aliphatic heterocycles. The third-order valence-corrected chi connectivity index (χ3v) is 3.72. The van der Waals surface area contributed by atoms with E-state index >= 15 is 0 Å². The van der Waals surface area contributed by atoms with Crippen LogP contribution >= 0.6 is 11.6 Å². The molecule has 0 fully saturated rings. The van der Waals surface area contributed by atoms with Crippen LogP contribution in [0, 0.1) is 0 Å². The molecule has 2 N–H and O–H groups in total. The molecule has 0 amide bonds. The molecular weight excluding hydrogens is 276 g/mol. The summed E-state index contributed by atoms with van der Waals surface area (Å²) in [7, 11) is 1.56. The average molecular weight is 299 g/mol. The van der Waals surface area contributed by atoms with E-state index in [9.17, 15) is 4.79 Å². The molecule has 0 unspecified atom stereocenters. The van der Waals surface area contributed by atoms with Crippen molar-refractivity contribution in [2.24, 2.45) is 0 Å². The fourth-order valence-electron chi connectivity index (χ4n) is 2.06. The van der Waals surface area contributed by atoms with Crippen molar-refractivity contribution < 1.29 is 9.53 Å². The Labute approximate surface area is 125 Å². The highest BCUT2D eigenvalue weighted by Crippen LogP contribution is 2.29. The number of carbonyl (C=O) groups excluding carboxylic acids is 1. The zero-order chi connectivity index (χ0) is 15.1. The normalized spacial score (nSPS) is 10.8. The van der Waals surface area contributed by atoms with Gasteiger partial charge in [0.05, 0.1) is 17.8 Å². The molecule has 1 aromatic carbocycles. The summed E-state index contributed by atoms with van der Waals surface area (Å²) in [5, 5.41) is 0.456. The number of nitrogens with two attached hydrogens (primary N) is 1. The van der Waals surface area contributed by atoms with Gasteiger partial charge in [-0.05, 0) is 19.2 Å². The van der Waals surface area contributed by atoms with Crippen LogP contribution in [-0.4, -0.2) is 37.4 Å². The highest BCUT2D eigenvalue weighted by atomic mass is 35.5. The first kappa shape index (κ1) is 16.8. The van der Waals surface area contributed by atoms with Gasteiger partial charge in [0, 0.05) is 31.0 Å². The minimum absolute atomic E-state index is 0.177. The number of Topliss-reactive ketones (excluding diaryl/α,β-unsaturated/α-hetero) is 1. The molecule has 0 saturated carbocycles. The minimum Gasteiger partial charge on any atom is -0.496 e. The third kappa shape index (κ3) is 4.69. The quantitative estimate of drug-likeness (QED) is 0.750. The molecule has 4 nitrogen and oxygen atoms in total. The van der Waals surface area contributed by atoms with Crippen LogP contribution in [0.3, 0.4) is 0 Å². The van der Waals surface area contributed by atoms with Gasteiger partial charge in [0.25, 0.3) is 0 Å². The van der Waals surface area contributed by atoms with Crippen molar-refractivity contribution in [3.05, 3.63) is 22.7 Å². The second-order valence-electron chi connectivity index (χ2n) is 4.68. The number of ketones is 1. The third-order valence-electron chi connectivity index (χ3n) is 3.39. The maximum absolute atomic E-state index is 12.1. The summed E-state index contributed by atoms with van der Waals surface area (Å²) in [4.78, 5) is 14.3. The van der Waals surface area contributed by atoms with Crippen LogP contribution in [0.5, 0.6) is 5.75 Å². The lowest BCUT2D eigenvalue weighted by Crippen LogP contribution is -2.26. The zero-order valence-corrected chi connectivity index (χ0v) is 13.2. The zero-order valence-electron chi connectivity index (χ0n) is 12.4. The largest absolute Gasteiger partial charge is 0.496 e. The molecule has 0 radical (unpaired) electrons. The highest BCUT2D eigenvalue weighted by molar-refractivity contribution is 6.33. The molecule has 0 atom stereocenters. The van der Waals surface area contributed by atoms with Gasteiger partial charge in [-0.2, -0.15) is 0 Å². The second-order valence-corrected chi connectivity index (χ2v) is 5.09. The molecule has 0 bridgehead atoms. The van der Waals surface area contributed by atoms with E-state index in [0.29, 0.717) is 29.3 Å². The SMILES string of the molecule is CCN(CC)CCC(=O)Cc1cc(Cl)c(N)cc1OC. The van der Waals surface area contributed by atoms with Gasteiger partial charge in [-0.1, -0.05) is 25.4 Å². The highest BCUT2D eigenvalue weighted by Gasteiger charge is 2.12. The number of methoxy groups -OCH3 is 1. The summed E-state index contributed by atoms with van der Waals surface area (Å²) >= 11 is 6.00. The van der Waals surface area contributed by atoms with Crippen LogP contribution in [0.15, 0.2) is 12.1 Å². The van der Waals surface area contributed by atoms with Crippen LogP contribution in [0.4, 0.5) is 5.69 Å². The molecule has 0 spiro atoms. The summed E-state index contributed by atoms with van der Waals surface area (Å²) in [5.74, 6) is 0.791. The Kier molecular flexibility index (Phi) is 6.82. The van der Waals surface area contributed by atoms with Crippen LogP contribution in [-0.2, 0) is 11.2 Å². The molecular formula is C15H23ClN2O2. The van der Waals surface area contributed by atoms with Gasteiger partial charge in [0.1, 0.15) is 11.5 Å². The molecule has 5 heteroatoms. The van der Waals surface area contributed by atoms with Gasteiger partial charge in [0.15, 0.2) is 0 Å². The van der Waals surface area contributed by atoms with Crippen molar-refractivity contribution in [2.45, 2.75) is 26.7 Å². The molecule has 0 saturated heterocycles. The summed E-state index contributed by atoms with van der Waals surface area (Å²) in [6.45, 7) is 6.89. The minimum atomic E-state index is 0.177. The number of anilines is 1. The fraction of sp³-hybridized carbons (Fsp3) is 0.533. The predicted octanol–water partition coefficient (Wildman–Crippen LogP) is 2.77. The topological polar surface area (TPSA) is 55.6 Å². The smallest absolute Gasteiger partial charge is 0.138 e. The van der Waals surface area contributed by atoms with Crippen molar-refractivity contribution >= 4 is 23.1 Å². The molecule has 1 aromatic rings. The molecule has 0 aromatic heterocycles. The van der Waals surface area contributed by atoms with E-state index in [1.54, 1.807) is 19.2 Å². The first-order valence-electron chi connectivity index (χ1n) is 6.87. The number of ether oxygens (including phenoxy) is 1. The number of nitrogen functional groups attached to an aromatic ring is 1. The Morgan fingerprint density at radius 1 is 1.35 bits per heavy atom. The van der Waals surface area contributed by atoms with E-state index in [2.05, 4.69) is 18.7 Å². The molecule has 0 aliphatic rings. The Balaban J connectivity index is 2.68. The predicted molar refractivity (Wildman–Crippen MR) is 83.5 cm³/mol. The van der Waals surface area contributed by atoms with Crippen molar-refractivity contribution in [2.75, 3.05) is 32.5 Å².